The van der Waals surface area contributed by atoms with Gasteiger partial charge >= 0.3 is 0 Å². The molecule has 16 heavy (non-hydrogen) atoms. The van der Waals surface area contributed by atoms with Crippen LogP contribution in [0, 0.1) is 6.92 Å². The highest BCUT2D eigenvalue weighted by Gasteiger charge is 2.12. The second-order valence-corrected chi connectivity index (χ2v) is 5.87. The summed E-state index contributed by atoms with van der Waals surface area (Å²) in [4.78, 5) is 7.92. The van der Waals surface area contributed by atoms with E-state index in [2.05, 4.69) is 15.3 Å². The lowest BCUT2D eigenvalue weighted by Gasteiger charge is -2.11. The predicted molar refractivity (Wildman–Crippen MR) is 62.7 cm³/mol. The standard InChI is InChI=1S/C9H16N4O2S/c1-8-6-9(12-7-11-8)10-4-5-16(14,15)13(2)3/h6-7H,4-5H2,1-3H3,(H,10,11,12). The van der Waals surface area contributed by atoms with Gasteiger partial charge in [0.05, 0.1) is 5.75 Å². The summed E-state index contributed by atoms with van der Waals surface area (Å²) in [5, 5.41) is 2.94. The number of anilines is 1. The number of nitrogens with zero attached hydrogens (tertiary/aromatic N) is 3. The summed E-state index contributed by atoms with van der Waals surface area (Å²) in [6.45, 7) is 2.18. The van der Waals surface area contributed by atoms with E-state index in [-0.39, 0.29) is 5.75 Å². The molecule has 1 aromatic rings. The molecule has 6 nitrogen and oxygen atoms in total. The maximum atomic E-state index is 11.4. The average molecular weight is 244 g/mol. The fraction of sp³-hybridized carbons (Fsp3) is 0.556. The van der Waals surface area contributed by atoms with Crippen LogP contribution in [0.15, 0.2) is 12.4 Å². The van der Waals surface area contributed by atoms with Crippen molar-refractivity contribution < 1.29 is 8.42 Å². The highest BCUT2D eigenvalue weighted by atomic mass is 32.2. The first kappa shape index (κ1) is 12.9. The number of aromatic nitrogens is 2. The predicted octanol–water partition coefficient (Wildman–Crippen LogP) is 0.0883. The summed E-state index contributed by atoms with van der Waals surface area (Å²) in [5.41, 5.74) is 0.841. The van der Waals surface area contributed by atoms with Crippen LogP contribution in [-0.2, 0) is 10.0 Å². The second kappa shape index (κ2) is 5.22. The molecule has 1 aromatic heterocycles. The molecule has 1 N–H and O–H groups in total. The van der Waals surface area contributed by atoms with Gasteiger partial charge in [0.2, 0.25) is 10.0 Å². The molecule has 0 aliphatic carbocycles. The molecular weight excluding hydrogens is 228 g/mol. The summed E-state index contributed by atoms with van der Waals surface area (Å²) in [5.74, 6) is 0.685. The molecule has 0 saturated heterocycles. The Bertz CT molecular complexity index is 445. The Morgan fingerprint density at radius 3 is 2.62 bits per heavy atom. The van der Waals surface area contributed by atoms with Crippen LogP contribution >= 0.6 is 0 Å². The van der Waals surface area contributed by atoms with Gasteiger partial charge < -0.3 is 5.32 Å². The van der Waals surface area contributed by atoms with Gasteiger partial charge in [-0.15, -0.1) is 0 Å². The molecule has 0 unspecified atom stereocenters. The van der Waals surface area contributed by atoms with E-state index in [1.54, 1.807) is 6.07 Å². The monoisotopic (exact) mass is 244 g/mol. The second-order valence-electron chi connectivity index (χ2n) is 3.57. The molecule has 0 aromatic carbocycles. The lowest BCUT2D eigenvalue weighted by molar-refractivity contribution is 0.521. The summed E-state index contributed by atoms with van der Waals surface area (Å²) in [6.07, 6.45) is 1.44. The van der Waals surface area contributed by atoms with Gasteiger partial charge in [-0.1, -0.05) is 0 Å². The Kier molecular flexibility index (Phi) is 4.19. The molecule has 0 aliphatic heterocycles. The highest BCUT2D eigenvalue weighted by molar-refractivity contribution is 7.89. The minimum atomic E-state index is -3.15. The first-order valence-corrected chi connectivity index (χ1v) is 6.45. The van der Waals surface area contributed by atoms with Crippen LogP contribution in [0.3, 0.4) is 0 Å². The van der Waals surface area contributed by atoms with E-state index in [0.717, 1.165) is 5.69 Å². The topological polar surface area (TPSA) is 75.2 Å². The summed E-state index contributed by atoms with van der Waals surface area (Å²) in [7, 11) is -0.115. The Morgan fingerprint density at radius 2 is 2.06 bits per heavy atom. The SMILES string of the molecule is Cc1cc(NCCS(=O)(=O)N(C)C)ncn1. The maximum Gasteiger partial charge on any atom is 0.215 e. The van der Waals surface area contributed by atoms with E-state index in [1.165, 1.54) is 24.7 Å². The van der Waals surface area contributed by atoms with E-state index in [1.807, 2.05) is 6.92 Å². The van der Waals surface area contributed by atoms with Gasteiger partial charge in [0.15, 0.2) is 0 Å². The molecular formula is C9H16N4O2S. The maximum absolute atomic E-state index is 11.4. The first-order valence-electron chi connectivity index (χ1n) is 4.84. The number of hydrogen-bond donors (Lipinski definition) is 1. The van der Waals surface area contributed by atoms with Gasteiger partial charge in [-0.3, -0.25) is 0 Å². The summed E-state index contributed by atoms with van der Waals surface area (Å²) < 4.78 is 24.1. The van der Waals surface area contributed by atoms with E-state index in [9.17, 15) is 8.42 Å². The minimum Gasteiger partial charge on any atom is -0.369 e. The molecule has 7 heteroatoms. The van der Waals surface area contributed by atoms with Crippen LogP contribution in [0.1, 0.15) is 5.69 Å². The smallest absolute Gasteiger partial charge is 0.215 e. The quantitative estimate of drug-likeness (QED) is 0.794. The molecule has 1 heterocycles. The van der Waals surface area contributed by atoms with Crippen molar-refractivity contribution in [3.8, 4) is 0 Å². The third kappa shape index (κ3) is 3.74. The van der Waals surface area contributed by atoms with E-state index in [0.29, 0.717) is 12.4 Å². The van der Waals surface area contributed by atoms with Crippen molar-refractivity contribution >= 4 is 15.8 Å². The van der Waals surface area contributed by atoms with Crippen molar-refractivity contribution in [2.75, 3.05) is 31.7 Å². The number of sulfonamides is 1. The Balaban J connectivity index is 2.48. The molecule has 0 atom stereocenters. The van der Waals surface area contributed by atoms with Crippen LogP contribution in [0.4, 0.5) is 5.82 Å². The molecule has 0 spiro atoms. The van der Waals surface area contributed by atoms with Crippen LogP contribution in [0.5, 0.6) is 0 Å². The van der Waals surface area contributed by atoms with Crippen LogP contribution in [0.2, 0.25) is 0 Å². The van der Waals surface area contributed by atoms with Gasteiger partial charge in [-0.2, -0.15) is 0 Å². The molecule has 0 saturated carbocycles. The summed E-state index contributed by atoms with van der Waals surface area (Å²) >= 11 is 0. The van der Waals surface area contributed by atoms with Crippen molar-refractivity contribution in [2.24, 2.45) is 0 Å². The molecule has 90 valence electrons. The fourth-order valence-corrected chi connectivity index (χ4v) is 1.77. The number of rotatable bonds is 5. The van der Waals surface area contributed by atoms with Gasteiger partial charge in [-0.05, 0) is 6.92 Å². The molecule has 0 bridgehead atoms. The number of hydrogen-bond acceptors (Lipinski definition) is 5. The van der Waals surface area contributed by atoms with E-state index >= 15 is 0 Å². The summed E-state index contributed by atoms with van der Waals surface area (Å²) in [6, 6.07) is 1.77. The largest absolute Gasteiger partial charge is 0.369 e. The van der Waals surface area contributed by atoms with Gasteiger partial charge in [-0.25, -0.2) is 22.7 Å². The van der Waals surface area contributed by atoms with Crippen molar-refractivity contribution in [2.45, 2.75) is 6.92 Å². The fourth-order valence-electron chi connectivity index (χ4n) is 1.04. The van der Waals surface area contributed by atoms with Gasteiger partial charge in [0.25, 0.3) is 0 Å². The van der Waals surface area contributed by atoms with Gasteiger partial charge in [0.1, 0.15) is 12.1 Å². The third-order valence-corrected chi connectivity index (χ3v) is 3.86. The third-order valence-electron chi connectivity index (χ3n) is 2.03. The number of nitrogens with one attached hydrogen (secondary N) is 1. The first-order chi connectivity index (χ1) is 7.42. The number of aryl methyl sites for hydroxylation is 1. The van der Waals surface area contributed by atoms with Crippen LogP contribution in [-0.4, -0.2) is 49.1 Å². The zero-order chi connectivity index (χ0) is 12.2. The Labute approximate surface area is 95.8 Å². The Hall–Kier alpha value is -1.21. The van der Waals surface area contributed by atoms with Crippen LogP contribution in [0.25, 0.3) is 0 Å². The van der Waals surface area contributed by atoms with Crippen molar-refractivity contribution in [1.29, 1.82) is 0 Å². The average Bonchev–Trinajstić information content (AvgIpc) is 2.17. The minimum absolute atomic E-state index is 0.0447. The molecule has 1 rings (SSSR count). The van der Waals surface area contributed by atoms with E-state index < -0.39 is 10.0 Å². The van der Waals surface area contributed by atoms with Crippen molar-refractivity contribution in [3.05, 3.63) is 18.1 Å². The van der Waals surface area contributed by atoms with Crippen LogP contribution < -0.4 is 5.32 Å². The molecule has 0 amide bonds. The molecule has 0 radical (unpaired) electrons. The zero-order valence-electron chi connectivity index (χ0n) is 9.64. The highest BCUT2D eigenvalue weighted by Crippen LogP contribution is 2.02. The lowest BCUT2D eigenvalue weighted by atomic mass is 10.4. The van der Waals surface area contributed by atoms with E-state index in [4.69, 9.17) is 0 Å². The molecule has 0 aliphatic rings. The lowest BCUT2D eigenvalue weighted by Crippen LogP contribution is -2.28. The Morgan fingerprint density at radius 1 is 1.38 bits per heavy atom. The normalized spacial score (nSPS) is 11.8. The van der Waals surface area contributed by atoms with Crippen molar-refractivity contribution in [1.82, 2.24) is 14.3 Å². The zero-order valence-corrected chi connectivity index (χ0v) is 10.5. The molecule has 0 fully saturated rings. The van der Waals surface area contributed by atoms with Crippen molar-refractivity contribution in [3.63, 3.8) is 0 Å². The van der Waals surface area contributed by atoms with Gasteiger partial charge in [0, 0.05) is 32.4 Å².